The zero-order chi connectivity index (χ0) is 19.6. The first-order valence-electron chi connectivity index (χ1n) is 7.95. The van der Waals surface area contributed by atoms with Gasteiger partial charge in [0.25, 0.3) is 5.91 Å². The SMILES string of the molecule is CN1C(=O)C(=NC(CCl)Nc2ccccc2F)N(c2ccccc2Cl)C1=O. The summed E-state index contributed by atoms with van der Waals surface area (Å²) in [6.45, 7) is 0. The molecule has 1 unspecified atom stereocenters. The van der Waals surface area contributed by atoms with Crippen LogP contribution in [-0.2, 0) is 4.79 Å². The van der Waals surface area contributed by atoms with Gasteiger partial charge >= 0.3 is 6.03 Å². The Morgan fingerprint density at radius 1 is 1.15 bits per heavy atom. The average Bonchev–Trinajstić information content (AvgIpc) is 2.87. The lowest BCUT2D eigenvalue weighted by molar-refractivity contribution is -0.119. The summed E-state index contributed by atoms with van der Waals surface area (Å²) in [5, 5.41) is 3.11. The number of para-hydroxylation sites is 2. The van der Waals surface area contributed by atoms with Crippen LogP contribution in [-0.4, -0.2) is 41.8 Å². The van der Waals surface area contributed by atoms with Gasteiger partial charge in [-0.05, 0) is 24.3 Å². The molecule has 1 aliphatic rings. The fraction of sp³-hybridized carbons (Fsp3) is 0.167. The number of alkyl halides is 1. The maximum Gasteiger partial charge on any atom is 0.337 e. The zero-order valence-electron chi connectivity index (χ0n) is 14.2. The zero-order valence-corrected chi connectivity index (χ0v) is 15.7. The normalized spacial score (nSPS) is 17.0. The number of imide groups is 1. The minimum absolute atomic E-state index is 0.0562. The van der Waals surface area contributed by atoms with Crippen molar-refractivity contribution in [2.24, 2.45) is 4.99 Å². The van der Waals surface area contributed by atoms with E-state index in [9.17, 15) is 14.0 Å². The first-order chi connectivity index (χ1) is 12.9. The topological polar surface area (TPSA) is 65.0 Å². The summed E-state index contributed by atoms with van der Waals surface area (Å²) in [7, 11) is 1.34. The van der Waals surface area contributed by atoms with E-state index in [1.165, 1.54) is 19.2 Å². The Kier molecular flexibility index (Phi) is 5.62. The summed E-state index contributed by atoms with van der Waals surface area (Å²) in [4.78, 5) is 31.4. The summed E-state index contributed by atoms with van der Waals surface area (Å²) in [6, 6.07) is 12.0. The number of carbonyl (C=O) groups is 2. The number of likely N-dealkylation sites (N-methyl/N-ethyl adjacent to an activating group) is 1. The van der Waals surface area contributed by atoms with Crippen LogP contribution in [0.2, 0.25) is 5.02 Å². The van der Waals surface area contributed by atoms with Crippen molar-refractivity contribution in [3.8, 4) is 0 Å². The van der Waals surface area contributed by atoms with Crippen molar-refractivity contribution >= 4 is 52.4 Å². The Labute approximate surface area is 165 Å². The standard InChI is InChI=1S/C18H15Cl2FN4O2/c1-24-17(26)16(25(18(24)27)14-9-5-2-6-11(14)20)23-15(10-19)22-13-8-4-3-7-12(13)21/h2-9,15,22H,10H2,1H3. The second-order valence-electron chi connectivity index (χ2n) is 5.68. The van der Waals surface area contributed by atoms with Gasteiger partial charge in [-0.1, -0.05) is 35.9 Å². The molecule has 0 spiro atoms. The predicted molar refractivity (Wildman–Crippen MR) is 104 cm³/mol. The Bertz CT molecular complexity index is 922. The van der Waals surface area contributed by atoms with Crippen LogP contribution < -0.4 is 10.2 Å². The summed E-state index contributed by atoms with van der Waals surface area (Å²) < 4.78 is 13.9. The maximum atomic E-state index is 13.9. The third-order valence-electron chi connectivity index (χ3n) is 3.90. The van der Waals surface area contributed by atoms with Gasteiger partial charge in [0.2, 0.25) is 5.84 Å². The van der Waals surface area contributed by atoms with Gasteiger partial charge in [0.1, 0.15) is 12.0 Å². The van der Waals surface area contributed by atoms with Crippen molar-refractivity contribution in [1.82, 2.24) is 4.90 Å². The van der Waals surface area contributed by atoms with E-state index < -0.39 is 23.9 Å². The molecule has 2 aromatic rings. The number of nitrogens with zero attached hydrogens (tertiary/aromatic N) is 3. The maximum absolute atomic E-state index is 13.9. The highest BCUT2D eigenvalue weighted by Gasteiger charge is 2.42. The van der Waals surface area contributed by atoms with Crippen molar-refractivity contribution in [3.05, 3.63) is 59.4 Å². The van der Waals surface area contributed by atoms with Gasteiger partial charge in [0, 0.05) is 7.05 Å². The Morgan fingerprint density at radius 2 is 1.81 bits per heavy atom. The average molecular weight is 409 g/mol. The molecule has 1 fully saturated rings. The quantitative estimate of drug-likeness (QED) is 0.601. The van der Waals surface area contributed by atoms with Gasteiger partial charge in [0.05, 0.1) is 22.3 Å². The molecule has 2 aromatic carbocycles. The molecule has 1 atom stereocenters. The van der Waals surface area contributed by atoms with Crippen LogP contribution in [0.5, 0.6) is 0 Å². The summed E-state index contributed by atoms with van der Waals surface area (Å²) in [6.07, 6.45) is -0.841. The molecule has 27 heavy (non-hydrogen) atoms. The molecule has 1 heterocycles. The molecule has 3 amide bonds. The number of carbonyl (C=O) groups excluding carboxylic acids is 2. The molecule has 140 valence electrons. The molecule has 3 rings (SSSR count). The number of hydrogen-bond donors (Lipinski definition) is 1. The third-order valence-corrected chi connectivity index (χ3v) is 4.51. The number of urea groups is 1. The van der Waals surface area contributed by atoms with Gasteiger partial charge in [-0.3, -0.25) is 9.69 Å². The van der Waals surface area contributed by atoms with E-state index in [1.807, 2.05) is 0 Å². The Balaban J connectivity index is 2.00. The highest BCUT2D eigenvalue weighted by atomic mass is 35.5. The van der Waals surface area contributed by atoms with E-state index in [0.29, 0.717) is 5.69 Å². The van der Waals surface area contributed by atoms with Crippen LogP contribution in [0.25, 0.3) is 0 Å². The number of aliphatic imine (C=N–C) groups is 1. The smallest absolute Gasteiger partial charge is 0.337 e. The fourth-order valence-electron chi connectivity index (χ4n) is 2.55. The van der Waals surface area contributed by atoms with Crippen molar-refractivity contribution in [2.75, 3.05) is 23.1 Å². The molecule has 0 radical (unpaired) electrons. The highest BCUT2D eigenvalue weighted by Crippen LogP contribution is 2.30. The monoisotopic (exact) mass is 408 g/mol. The van der Waals surface area contributed by atoms with E-state index in [4.69, 9.17) is 23.2 Å². The van der Waals surface area contributed by atoms with Crippen molar-refractivity contribution in [2.45, 2.75) is 6.17 Å². The van der Waals surface area contributed by atoms with Crippen LogP contribution in [0, 0.1) is 5.82 Å². The molecule has 6 nitrogen and oxygen atoms in total. The van der Waals surface area contributed by atoms with E-state index in [2.05, 4.69) is 10.3 Å². The van der Waals surface area contributed by atoms with E-state index >= 15 is 0 Å². The van der Waals surface area contributed by atoms with E-state index in [0.717, 1.165) is 9.80 Å². The molecule has 0 saturated carbocycles. The number of amides is 3. The lowest BCUT2D eigenvalue weighted by Crippen LogP contribution is -2.34. The van der Waals surface area contributed by atoms with Gasteiger partial charge in [-0.25, -0.2) is 19.1 Å². The molecule has 0 aromatic heterocycles. The van der Waals surface area contributed by atoms with Gasteiger partial charge < -0.3 is 5.32 Å². The molecule has 0 aliphatic carbocycles. The molecule has 9 heteroatoms. The Hall–Kier alpha value is -2.64. The molecule has 1 N–H and O–H groups in total. The predicted octanol–water partition coefficient (Wildman–Crippen LogP) is 3.95. The fourth-order valence-corrected chi connectivity index (χ4v) is 2.91. The molecule has 1 aliphatic heterocycles. The minimum Gasteiger partial charge on any atom is -0.360 e. The van der Waals surface area contributed by atoms with Crippen molar-refractivity contribution < 1.29 is 14.0 Å². The molecular weight excluding hydrogens is 394 g/mol. The molecule has 0 bridgehead atoms. The van der Waals surface area contributed by atoms with Crippen molar-refractivity contribution in [3.63, 3.8) is 0 Å². The second kappa shape index (κ2) is 7.94. The number of nitrogens with one attached hydrogen (secondary N) is 1. The molecular formula is C18H15Cl2FN4O2. The number of halogens is 3. The van der Waals surface area contributed by atoms with Gasteiger partial charge in [0.15, 0.2) is 0 Å². The summed E-state index contributed by atoms with van der Waals surface area (Å²) in [5.74, 6) is -1.29. The van der Waals surface area contributed by atoms with Crippen LogP contribution in [0.1, 0.15) is 0 Å². The van der Waals surface area contributed by atoms with Gasteiger partial charge in [-0.15, -0.1) is 11.6 Å². The minimum atomic E-state index is -0.841. The van der Waals surface area contributed by atoms with Crippen LogP contribution in [0.4, 0.5) is 20.6 Å². The summed E-state index contributed by atoms with van der Waals surface area (Å²) in [5.41, 5.74) is 0.502. The van der Waals surface area contributed by atoms with E-state index in [1.54, 1.807) is 36.4 Å². The number of benzene rings is 2. The number of hydrogen-bond acceptors (Lipinski definition) is 4. The Morgan fingerprint density at radius 3 is 2.48 bits per heavy atom. The van der Waals surface area contributed by atoms with Crippen LogP contribution in [0.3, 0.4) is 0 Å². The number of amidine groups is 1. The third kappa shape index (κ3) is 3.74. The lowest BCUT2D eigenvalue weighted by atomic mass is 10.3. The molecule has 1 saturated heterocycles. The van der Waals surface area contributed by atoms with Gasteiger partial charge in [-0.2, -0.15) is 0 Å². The number of anilines is 2. The lowest BCUT2D eigenvalue weighted by Gasteiger charge is -2.19. The van der Waals surface area contributed by atoms with Crippen LogP contribution in [0.15, 0.2) is 53.5 Å². The largest absolute Gasteiger partial charge is 0.360 e. The highest BCUT2D eigenvalue weighted by molar-refractivity contribution is 6.55. The van der Waals surface area contributed by atoms with Crippen molar-refractivity contribution in [1.29, 1.82) is 0 Å². The first-order valence-corrected chi connectivity index (χ1v) is 8.86. The number of rotatable bonds is 5. The van der Waals surface area contributed by atoms with E-state index in [-0.39, 0.29) is 22.4 Å². The first kappa shape index (κ1) is 19.1. The second-order valence-corrected chi connectivity index (χ2v) is 6.40. The summed E-state index contributed by atoms with van der Waals surface area (Å²) >= 11 is 12.1. The van der Waals surface area contributed by atoms with Crippen LogP contribution >= 0.6 is 23.2 Å².